The molecule has 0 aliphatic carbocycles. The van der Waals surface area contributed by atoms with Crippen molar-refractivity contribution in [3.8, 4) is 11.4 Å². The number of aromatic nitrogens is 4. The molecule has 1 N–H and O–H groups in total. The predicted octanol–water partition coefficient (Wildman–Crippen LogP) is 2.04. The summed E-state index contributed by atoms with van der Waals surface area (Å²) in [6.45, 7) is 1.83. The van der Waals surface area contributed by atoms with E-state index in [1.165, 1.54) is 0 Å². The number of benzene rings is 1. The normalized spacial score (nSPS) is 11.0. The van der Waals surface area contributed by atoms with Gasteiger partial charge in [0.2, 0.25) is 5.82 Å². The molecular formula is C11H7BrN4O2. The van der Waals surface area contributed by atoms with E-state index in [0.717, 1.165) is 15.4 Å². The molecule has 7 heteroatoms. The molecule has 0 fully saturated rings. The zero-order valence-electron chi connectivity index (χ0n) is 9.27. The van der Waals surface area contributed by atoms with Crippen molar-refractivity contribution in [3.05, 3.63) is 38.7 Å². The molecule has 0 aliphatic heterocycles. The fourth-order valence-electron chi connectivity index (χ4n) is 1.85. The minimum absolute atomic E-state index is 0.239. The summed E-state index contributed by atoms with van der Waals surface area (Å²) in [6, 6.07) is 5.45. The Hall–Kier alpha value is -2.02. The molecule has 0 saturated heterocycles. The molecule has 0 saturated carbocycles. The third-order valence-electron chi connectivity index (χ3n) is 2.70. The van der Waals surface area contributed by atoms with E-state index in [1.54, 1.807) is 6.07 Å². The second-order valence-electron chi connectivity index (χ2n) is 3.77. The summed E-state index contributed by atoms with van der Waals surface area (Å²) in [4.78, 5) is 11.9. The monoisotopic (exact) mass is 306 g/mol. The molecule has 1 aromatic carbocycles. The average Bonchev–Trinajstić information content (AvgIpc) is 2.84. The number of aromatic amines is 1. The SMILES string of the molecule is Cc1c(-c2nn[nH]n2)c(=O)oc2ccc(Br)cc12. The number of fused-ring (bicyclic) bond motifs is 1. The number of rotatable bonds is 1. The molecule has 2 heterocycles. The third kappa shape index (κ3) is 1.63. The topological polar surface area (TPSA) is 84.7 Å². The summed E-state index contributed by atoms with van der Waals surface area (Å²) in [5, 5.41) is 14.2. The number of H-pyrrole nitrogens is 1. The Kier molecular flexibility index (Phi) is 2.48. The van der Waals surface area contributed by atoms with Gasteiger partial charge in [-0.15, -0.1) is 10.2 Å². The Bertz CT molecular complexity index is 780. The van der Waals surface area contributed by atoms with Crippen molar-refractivity contribution in [2.45, 2.75) is 6.92 Å². The van der Waals surface area contributed by atoms with Crippen LogP contribution in [0.3, 0.4) is 0 Å². The minimum Gasteiger partial charge on any atom is -0.422 e. The molecule has 0 atom stereocenters. The van der Waals surface area contributed by atoms with Crippen LogP contribution in [0.25, 0.3) is 22.4 Å². The van der Waals surface area contributed by atoms with Crippen LogP contribution in [0.2, 0.25) is 0 Å². The quantitative estimate of drug-likeness (QED) is 0.695. The third-order valence-corrected chi connectivity index (χ3v) is 3.19. The lowest BCUT2D eigenvalue weighted by Gasteiger charge is -2.04. The number of tetrazole rings is 1. The van der Waals surface area contributed by atoms with Gasteiger partial charge in [-0.2, -0.15) is 5.21 Å². The Morgan fingerprint density at radius 3 is 2.94 bits per heavy atom. The highest BCUT2D eigenvalue weighted by Crippen LogP contribution is 2.26. The van der Waals surface area contributed by atoms with Crippen LogP contribution >= 0.6 is 15.9 Å². The first kappa shape index (κ1) is 11.1. The highest BCUT2D eigenvalue weighted by atomic mass is 79.9. The number of hydrogen-bond donors (Lipinski definition) is 1. The van der Waals surface area contributed by atoms with Gasteiger partial charge < -0.3 is 4.42 Å². The molecule has 3 rings (SSSR count). The van der Waals surface area contributed by atoms with Crippen LogP contribution in [-0.2, 0) is 0 Å². The Morgan fingerprint density at radius 1 is 1.39 bits per heavy atom. The first-order chi connectivity index (χ1) is 8.66. The van der Waals surface area contributed by atoms with Crippen LogP contribution in [0.1, 0.15) is 5.56 Å². The highest BCUT2D eigenvalue weighted by molar-refractivity contribution is 9.10. The van der Waals surface area contributed by atoms with Crippen molar-refractivity contribution in [2.24, 2.45) is 0 Å². The number of nitrogens with one attached hydrogen (secondary N) is 1. The Morgan fingerprint density at radius 2 is 2.22 bits per heavy atom. The van der Waals surface area contributed by atoms with Crippen LogP contribution in [0, 0.1) is 6.92 Å². The second kappa shape index (κ2) is 4.02. The summed E-state index contributed by atoms with van der Waals surface area (Å²) in [7, 11) is 0. The van der Waals surface area contributed by atoms with Gasteiger partial charge >= 0.3 is 5.63 Å². The van der Waals surface area contributed by atoms with E-state index in [-0.39, 0.29) is 5.82 Å². The number of nitrogens with zero attached hydrogens (tertiary/aromatic N) is 3. The molecule has 6 nitrogen and oxygen atoms in total. The van der Waals surface area contributed by atoms with E-state index in [1.807, 2.05) is 19.1 Å². The largest absolute Gasteiger partial charge is 0.422 e. The Labute approximate surface area is 109 Å². The molecule has 0 radical (unpaired) electrons. The zero-order chi connectivity index (χ0) is 12.7. The van der Waals surface area contributed by atoms with Crippen LogP contribution in [0.15, 0.2) is 31.9 Å². The van der Waals surface area contributed by atoms with E-state index in [0.29, 0.717) is 11.1 Å². The maximum Gasteiger partial charge on any atom is 0.347 e. The van der Waals surface area contributed by atoms with Crippen LogP contribution in [0.4, 0.5) is 0 Å². The summed E-state index contributed by atoms with van der Waals surface area (Å²) >= 11 is 3.39. The van der Waals surface area contributed by atoms with E-state index >= 15 is 0 Å². The summed E-state index contributed by atoms with van der Waals surface area (Å²) in [6.07, 6.45) is 0. The van der Waals surface area contributed by atoms with Crippen molar-refractivity contribution < 1.29 is 4.42 Å². The standard InChI is InChI=1S/C11H7BrN4O2/c1-5-7-4-6(12)2-3-8(7)18-11(17)9(5)10-13-15-16-14-10/h2-4H,1H3,(H,13,14,15,16). The molecule has 0 unspecified atom stereocenters. The summed E-state index contributed by atoms with van der Waals surface area (Å²) in [5.41, 5.74) is 1.16. The van der Waals surface area contributed by atoms with Gasteiger partial charge in [0.25, 0.3) is 0 Å². The lowest BCUT2D eigenvalue weighted by atomic mass is 10.1. The number of hydrogen-bond acceptors (Lipinski definition) is 5. The molecular weight excluding hydrogens is 300 g/mol. The first-order valence-corrected chi connectivity index (χ1v) is 5.93. The summed E-state index contributed by atoms with van der Waals surface area (Å²) < 4.78 is 6.16. The molecule has 18 heavy (non-hydrogen) atoms. The van der Waals surface area contributed by atoms with Crippen molar-refractivity contribution in [1.29, 1.82) is 0 Å². The number of aryl methyl sites for hydroxylation is 1. The van der Waals surface area contributed by atoms with Gasteiger partial charge in [0.05, 0.1) is 0 Å². The minimum atomic E-state index is -0.469. The van der Waals surface area contributed by atoms with Crippen molar-refractivity contribution in [1.82, 2.24) is 20.6 Å². The van der Waals surface area contributed by atoms with Gasteiger partial charge in [-0.3, -0.25) is 0 Å². The molecule has 0 amide bonds. The lowest BCUT2D eigenvalue weighted by Crippen LogP contribution is -2.07. The van der Waals surface area contributed by atoms with Gasteiger partial charge in [-0.05, 0) is 35.9 Å². The van der Waals surface area contributed by atoms with Gasteiger partial charge in [-0.25, -0.2) is 4.79 Å². The molecule has 0 bridgehead atoms. The molecule has 2 aromatic heterocycles. The maximum absolute atomic E-state index is 11.9. The maximum atomic E-state index is 11.9. The predicted molar refractivity (Wildman–Crippen MR) is 68.1 cm³/mol. The van der Waals surface area contributed by atoms with Crippen LogP contribution in [-0.4, -0.2) is 20.6 Å². The fraction of sp³-hybridized carbons (Fsp3) is 0.0909. The lowest BCUT2D eigenvalue weighted by molar-refractivity contribution is 0.561. The molecule has 0 spiro atoms. The van der Waals surface area contributed by atoms with E-state index in [4.69, 9.17) is 4.42 Å². The number of halogens is 1. The van der Waals surface area contributed by atoms with Gasteiger partial charge in [0.1, 0.15) is 11.1 Å². The fourth-order valence-corrected chi connectivity index (χ4v) is 2.21. The van der Waals surface area contributed by atoms with Crippen molar-refractivity contribution in [2.75, 3.05) is 0 Å². The van der Waals surface area contributed by atoms with E-state index < -0.39 is 5.63 Å². The highest BCUT2D eigenvalue weighted by Gasteiger charge is 2.16. The zero-order valence-corrected chi connectivity index (χ0v) is 10.9. The van der Waals surface area contributed by atoms with Gasteiger partial charge in [-0.1, -0.05) is 15.9 Å². The van der Waals surface area contributed by atoms with Gasteiger partial charge in [0, 0.05) is 9.86 Å². The Balaban J connectivity index is 2.43. The van der Waals surface area contributed by atoms with Gasteiger partial charge in [0.15, 0.2) is 0 Å². The molecule has 90 valence electrons. The van der Waals surface area contributed by atoms with Crippen molar-refractivity contribution in [3.63, 3.8) is 0 Å². The molecule has 0 aliphatic rings. The summed E-state index contributed by atoms with van der Waals surface area (Å²) in [5.74, 6) is 0.239. The van der Waals surface area contributed by atoms with Crippen LogP contribution in [0.5, 0.6) is 0 Å². The van der Waals surface area contributed by atoms with E-state index in [2.05, 4.69) is 36.6 Å². The second-order valence-corrected chi connectivity index (χ2v) is 4.68. The van der Waals surface area contributed by atoms with Crippen molar-refractivity contribution >= 4 is 26.9 Å². The molecule has 3 aromatic rings. The first-order valence-electron chi connectivity index (χ1n) is 5.13. The average molecular weight is 307 g/mol. The van der Waals surface area contributed by atoms with E-state index in [9.17, 15) is 4.79 Å². The van der Waals surface area contributed by atoms with Crippen LogP contribution < -0.4 is 5.63 Å². The smallest absolute Gasteiger partial charge is 0.347 e.